The van der Waals surface area contributed by atoms with Crippen LogP contribution < -0.4 is 5.32 Å². The third-order valence-corrected chi connectivity index (χ3v) is 3.69. The van der Waals surface area contributed by atoms with Crippen molar-refractivity contribution in [2.24, 2.45) is 5.92 Å². The van der Waals surface area contributed by atoms with Crippen molar-refractivity contribution < 1.29 is 0 Å². The summed E-state index contributed by atoms with van der Waals surface area (Å²) in [4.78, 5) is 2.67. The fourth-order valence-corrected chi connectivity index (χ4v) is 2.59. The van der Waals surface area contributed by atoms with E-state index < -0.39 is 0 Å². The molecule has 0 spiro atoms. The highest BCUT2D eigenvalue weighted by atomic mass is 15.2. The maximum absolute atomic E-state index is 3.94. The van der Waals surface area contributed by atoms with Crippen LogP contribution in [-0.4, -0.2) is 40.8 Å². The van der Waals surface area contributed by atoms with Crippen molar-refractivity contribution in [2.75, 3.05) is 19.6 Å². The van der Waals surface area contributed by atoms with Crippen molar-refractivity contribution in [3.05, 3.63) is 18.0 Å². The molecule has 0 radical (unpaired) electrons. The van der Waals surface area contributed by atoms with E-state index in [2.05, 4.69) is 20.4 Å². The van der Waals surface area contributed by atoms with Crippen LogP contribution in [-0.2, 0) is 6.54 Å². The summed E-state index contributed by atoms with van der Waals surface area (Å²) in [6.45, 7) is 4.68. The average molecular weight is 220 g/mol. The Balaban J connectivity index is 1.36. The Morgan fingerprint density at radius 3 is 3.12 bits per heavy atom. The number of nitrogens with one attached hydrogen (secondary N) is 2. The number of aromatic amines is 1. The van der Waals surface area contributed by atoms with Gasteiger partial charge in [0.15, 0.2) is 0 Å². The molecular weight excluding hydrogens is 200 g/mol. The molecule has 1 saturated heterocycles. The summed E-state index contributed by atoms with van der Waals surface area (Å²) in [5.41, 5.74) is 1.18. The van der Waals surface area contributed by atoms with Crippen molar-refractivity contribution in [1.29, 1.82) is 0 Å². The second-order valence-electron chi connectivity index (χ2n) is 5.09. The second-order valence-corrected chi connectivity index (χ2v) is 5.09. The Morgan fingerprint density at radius 1 is 1.44 bits per heavy atom. The molecule has 1 atom stereocenters. The molecule has 88 valence electrons. The standard InChI is InChI=1S/C12H20N4/c1-2-12(1)16-6-4-10(9-16)7-13-8-11-3-5-14-15-11/h3,5,10,12-13H,1-2,4,6-9H2,(H,14,15). The first kappa shape index (κ1) is 10.3. The van der Waals surface area contributed by atoms with Gasteiger partial charge >= 0.3 is 0 Å². The van der Waals surface area contributed by atoms with Gasteiger partial charge < -0.3 is 10.2 Å². The Morgan fingerprint density at radius 2 is 2.38 bits per heavy atom. The first-order valence-electron chi connectivity index (χ1n) is 6.35. The highest BCUT2D eigenvalue weighted by Crippen LogP contribution is 2.31. The molecule has 1 aromatic rings. The van der Waals surface area contributed by atoms with Crippen molar-refractivity contribution >= 4 is 0 Å². The van der Waals surface area contributed by atoms with Gasteiger partial charge in [-0.1, -0.05) is 0 Å². The van der Waals surface area contributed by atoms with Gasteiger partial charge in [0, 0.05) is 31.0 Å². The van der Waals surface area contributed by atoms with Gasteiger partial charge in [-0.05, 0) is 44.3 Å². The summed E-state index contributed by atoms with van der Waals surface area (Å²) in [5.74, 6) is 0.850. The maximum Gasteiger partial charge on any atom is 0.0490 e. The molecule has 2 fully saturated rings. The summed E-state index contributed by atoms with van der Waals surface area (Å²) in [5, 5.41) is 10.4. The quantitative estimate of drug-likeness (QED) is 0.777. The van der Waals surface area contributed by atoms with Crippen LogP contribution in [0, 0.1) is 5.92 Å². The minimum absolute atomic E-state index is 0.850. The molecule has 16 heavy (non-hydrogen) atoms. The second kappa shape index (κ2) is 4.55. The largest absolute Gasteiger partial charge is 0.311 e. The summed E-state index contributed by atoms with van der Waals surface area (Å²) < 4.78 is 0. The van der Waals surface area contributed by atoms with Crippen LogP contribution in [0.2, 0.25) is 0 Å². The van der Waals surface area contributed by atoms with Gasteiger partial charge in [-0.3, -0.25) is 5.10 Å². The molecule has 2 aliphatic rings. The van der Waals surface area contributed by atoms with Crippen LogP contribution in [0.1, 0.15) is 25.0 Å². The Hall–Kier alpha value is -0.870. The lowest BCUT2D eigenvalue weighted by atomic mass is 10.1. The third kappa shape index (κ3) is 2.44. The maximum atomic E-state index is 3.94. The van der Waals surface area contributed by atoms with Crippen molar-refractivity contribution in [3.63, 3.8) is 0 Å². The molecular formula is C12H20N4. The zero-order valence-corrected chi connectivity index (χ0v) is 9.65. The van der Waals surface area contributed by atoms with Crippen molar-refractivity contribution in [2.45, 2.75) is 31.8 Å². The molecule has 3 rings (SSSR count). The Bertz CT molecular complexity index is 318. The first-order valence-corrected chi connectivity index (χ1v) is 6.35. The lowest BCUT2D eigenvalue weighted by Crippen LogP contribution is -2.27. The Labute approximate surface area is 96.4 Å². The summed E-state index contributed by atoms with van der Waals surface area (Å²) >= 11 is 0. The van der Waals surface area contributed by atoms with E-state index in [1.165, 1.54) is 38.0 Å². The van der Waals surface area contributed by atoms with Crippen LogP contribution in [0.5, 0.6) is 0 Å². The molecule has 1 aliphatic heterocycles. The minimum atomic E-state index is 0.850. The number of H-pyrrole nitrogens is 1. The van der Waals surface area contributed by atoms with Gasteiger partial charge in [-0.25, -0.2) is 0 Å². The monoisotopic (exact) mass is 220 g/mol. The zero-order chi connectivity index (χ0) is 10.8. The SMILES string of the molecule is c1cc(CNCC2CCN(C3CC3)C2)[nH]n1. The molecule has 2 heterocycles. The lowest BCUT2D eigenvalue weighted by molar-refractivity contribution is 0.311. The predicted octanol–water partition coefficient (Wildman–Crippen LogP) is 0.984. The zero-order valence-electron chi connectivity index (χ0n) is 9.65. The van der Waals surface area contributed by atoms with Gasteiger partial charge in [-0.2, -0.15) is 5.10 Å². The van der Waals surface area contributed by atoms with Gasteiger partial charge in [0.1, 0.15) is 0 Å². The lowest BCUT2D eigenvalue weighted by Gasteiger charge is -2.14. The van der Waals surface area contributed by atoms with E-state index in [0.29, 0.717) is 0 Å². The number of nitrogens with zero attached hydrogens (tertiary/aromatic N) is 2. The summed E-state index contributed by atoms with van der Waals surface area (Å²) in [6, 6.07) is 2.97. The predicted molar refractivity (Wildman–Crippen MR) is 63.0 cm³/mol. The third-order valence-electron chi connectivity index (χ3n) is 3.69. The van der Waals surface area contributed by atoms with E-state index in [1.54, 1.807) is 6.20 Å². The molecule has 4 heteroatoms. The molecule has 1 saturated carbocycles. The number of rotatable bonds is 5. The molecule has 1 aliphatic carbocycles. The number of hydrogen-bond donors (Lipinski definition) is 2. The van der Waals surface area contributed by atoms with Crippen LogP contribution in [0.15, 0.2) is 12.3 Å². The van der Waals surface area contributed by atoms with E-state index in [9.17, 15) is 0 Å². The van der Waals surface area contributed by atoms with Crippen LogP contribution in [0.3, 0.4) is 0 Å². The fraction of sp³-hybridized carbons (Fsp3) is 0.750. The van der Waals surface area contributed by atoms with Gasteiger partial charge in [0.2, 0.25) is 0 Å². The van der Waals surface area contributed by atoms with Crippen LogP contribution >= 0.6 is 0 Å². The molecule has 0 bridgehead atoms. The molecule has 0 aromatic carbocycles. The van der Waals surface area contributed by atoms with Crippen LogP contribution in [0.4, 0.5) is 0 Å². The number of likely N-dealkylation sites (tertiary alicyclic amines) is 1. The average Bonchev–Trinajstić information content (AvgIpc) is 2.83. The van der Waals surface area contributed by atoms with Crippen molar-refractivity contribution in [1.82, 2.24) is 20.4 Å². The van der Waals surface area contributed by atoms with Crippen LogP contribution in [0.25, 0.3) is 0 Å². The van der Waals surface area contributed by atoms with E-state index in [1.807, 2.05) is 6.07 Å². The van der Waals surface area contributed by atoms with E-state index in [-0.39, 0.29) is 0 Å². The van der Waals surface area contributed by atoms with E-state index >= 15 is 0 Å². The molecule has 2 N–H and O–H groups in total. The molecule has 0 amide bonds. The number of hydrogen-bond acceptors (Lipinski definition) is 3. The highest BCUT2D eigenvalue weighted by Gasteiger charge is 2.33. The normalized spacial score (nSPS) is 26.4. The number of aromatic nitrogens is 2. The molecule has 1 aromatic heterocycles. The van der Waals surface area contributed by atoms with E-state index in [0.717, 1.165) is 25.0 Å². The Kier molecular flexibility index (Phi) is 2.93. The first-order chi connectivity index (χ1) is 7.92. The van der Waals surface area contributed by atoms with Gasteiger partial charge in [0.05, 0.1) is 0 Å². The fourth-order valence-electron chi connectivity index (χ4n) is 2.59. The summed E-state index contributed by atoms with van der Waals surface area (Å²) in [7, 11) is 0. The summed E-state index contributed by atoms with van der Waals surface area (Å²) in [6.07, 6.45) is 6.05. The van der Waals surface area contributed by atoms with E-state index in [4.69, 9.17) is 0 Å². The highest BCUT2D eigenvalue weighted by molar-refractivity contribution is 4.97. The topological polar surface area (TPSA) is 44.0 Å². The van der Waals surface area contributed by atoms with Gasteiger partial charge in [0.25, 0.3) is 0 Å². The van der Waals surface area contributed by atoms with Gasteiger partial charge in [-0.15, -0.1) is 0 Å². The smallest absolute Gasteiger partial charge is 0.0490 e. The minimum Gasteiger partial charge on any atom is -0.311 e. The molecule has 1 unspecified atom stereocenters. The van der Waals surface area contributed by atoms with Crippen molar-refractivity contribution in [3.8, 4) is 0 Å². The molecule has 4 nitrogen and oxygen atoms in total.